The lowest BCUT2D eigenvalue weighted by Crippen LogP contribution is -2.66. The van der Waals surface area contributed by atoms with E-state index >= 15 is 0 Å². The summed E-state index contributed by atoms with van der Waals surface area (Å²) in [5, 5.41) is 121. The standard InChI is InChI=1S/C72H135NO18/c1-3-5-7-9-11-13-15-17-19-20-21-22-23-24-25-26-27-28-29-30-31-32-33-34-36-37-39-41-43-45-47-49-56(77)55(73-60(78)50-48-46-44-42-40-38-35-18-16-14-12-10-8-6-4-2)54-86-70-66(84)63(81)68(58(52-75)88-70)91-72-67(85)64(82)69(59(53-76)89-72)90-71-65(83)62(80)61(79)57(51-74)87-71/h18,35,47,49,55-59,61-72,74-77,79-85H,3-17,19-34,36-46,48,50-54H2,1-2H3,(H,73,78)/b35-18-,49-47+. The van der Waals surface area contributed by atoms with Gasteiger partial charge < -0.3 is 89.9 Å². The second-order valence-electron chi connectivity index (χ2n) is 26.8. The van der Waals surface area contributed by atoms with Gasteiger partial charge in [-0.3, -0.25) is 4.79 Å². The van der Waals surface area contributed by atoms with E-state index in [-0.39, 0.29) is 18.9 Å². The summed E-state index contributed by atoms with van der Waals surface area (Å²) >= 11 is 0. The zero-order valence-electron chi connectivity index (χ0n) is 56.8. The molecule has 17 unspecified atom stereocenters. The van der Waals surface area contributed by atoms with Gasteiger partial charge in [-0.2, -0.15) is 0 Å². The number of ether oxygens (including phenoxy) is 6. The molecule has 3 saturated heterocycles. The first kappa shape index (κ1) is 83.5. The van der Waals surface area contributed by atoms with E-state index in [1.165, 1.54) is 205 Å². The molecule has 3 rings (SSSR count). The number of carbonyl (C=O) groups is 1. The number of amides is 1. The highest BCUT2D eigenvalue weighted by atomic mass is 16.8. The molecule has 12 N–H and O–H groups in total. The smallest absolute Gasteiger partial charge is 0.220 e. The van der Waals surface area contributed by atoms with E-state index in [4.69, 9.17) is 28.4 Å². The van der Waals surface area contributed by atoms with Gasteiger partial charge in [0.25, 0.3) is 0 Å². The second-order valence-corrected chi connectivity index (χ2v) is 26.8. The van der Waals surface area contributed by atoms with Gasteiger partial charge in [0.2, 0.25) is 5.91 Å². The van der Waals surface area contributed by atoms with E-state index in [2.05, 4.69) is 31.3 Å². The van der Waals surface area contributed by atoms with Gasteiger partial charge in [0.15, 0.2) is 18.9 Å². The molecule has 0 aliphatic carbocycles. The lowest BCUT2D eigenvalue weighted by atomic mass is 9.96. The molecule has 0 saturated carbocycles. The molecule has 3 aliphatic heterocycles. The number of hydrogen-bond donors (Lipinski definition) is 12. The molecule has 91 heavy (non-hydrogen) atoms. The molecule has 0 radical (unpaired) electrons. The Kier molecular flexibility index (Phi) is 49.8. The van der Waals surface area contributed by atoms with Crippen LogP contribution in [0.5, 0.6) is 0 Å². The van der Waals surface area contributed by atoms with Crippen molar-refractivity contribution in [2.24, 2.45) is 0 Å². The first-order chi connectivity index (χ1) is 44.3. The van der Waals surface area contributed by atoms with Crippen molar-refractivity contribution in [2.45, 2.75) is 401 Å². The maximum absolute atomic E-state index is 13.4. The Labute approximate surface area is 549 Å². The van der Waals surface area contributed by atoms with E-state index in [0.717, 1.165) is 64.2 Å². The topological polar surface area (TPSA) is 307 Å². The predicted molar refractivity (Wildman–Crippen MR) is 356 cm³/mol. The minimum Gasteiger partial charge on any atom is -0.394 e. The van der Waals surface area contributed by atoms with Crippen molar-refractivity contribution in [3.8, 4) is 0 Å². The van der Waals surface area contributed by atoms with E-state index in [1.54, 1.807) is 6.08 Å². The highest BCUT2D eigenvalue weighted by Gasteiger charge is 2.53. The van der Waals surface area contributed by atoms with Gasteiger partial charge in [-0.25, -0.2) is 0 Å². The fraction of sp³-hybridized carbons (Fsp3) is 0.931. The van der Waals surface area contributed by atoms with Crippen LogP contribution >= 0.6 is 0 Å². The summed E-state index contributed by atoms with van der Waals surface area (Å²) in [7, 11) is 0. The Bertz CT molecular complexity index is 1750. The van der Waals surface area contributed by atoms with Crippen LogP contribution in [-0.4, -0.2) is 193 Å². The quantitative estimate of drug-likeness (QED) is 0.0199. The molecule has 0 bridgehead atoms. The van der Waals surface area contributed by atoms with Gasteiger partial charge >= 0.3 is 0 Å². The fourth-order valence-electron chi connectivity index (χ4n) is 12.7. The lowest BCUT2D eigenvalue weighted by molar-refractivity contribution is -0.379. The molecule has 3 aliphatic rings. The largest absolute Gasteiger partial charge is 0.394 e. The van der Waals surface area contributed by atoms with E-state index in [1.807, 2.05) is 6.08 Å². The number of rotatable bonds is 58. The number of aliphatic hydroxyl groups is 11. The zero-order chi connectivity index (χ0) is 66.1. The maximum atomic E-state index is 13.4. The highest BCUT2D eigenvalue weighted by Crippen LogP contribution is 2.33. The molecule has 3 heterocycles. The first-order valence-electron chi connectivity index (χ1n) is 37.1. The molecule has 17 atom stereocenters. The third-order valence-corrected chi connectivity index (χ3v) is 18.7. The summed E-state index contributed by atoms with van der Waals surface area (Å²) in [5.74, 6) is -0.281. The summed E-state index contributed by atoms with van der Waals surface area (Å²) in [4.78, 5) is 13.4. The molecule has 0 aromatic carbocycles. The Balaban J connectivity index is 1.38. The van der Waals surface area contributed by atoms with Gasteiger partial charge in [0, 0.05) is 6.42 Å². The van der Waals surface area contributed by atoms with Crippen molar-refractivity contribution < 1.29 is 89.4 Å². The molecule has 1 amide bonds. The van der Waals surface area contributed by atoms with Crippen LogP contribution in [-0.2, 0) is 33.2 Å². The summed E-state index contributed by atoms with van der Waals surface area (Å²) < 4.78 is 34.4. The van der Waals surface area contributed by atoms with Gasteiger partial charge in [0.1, 0.15) is 73.2 Å². The summed E-state index contributed by atoms with van der Waals surface area (Å²) in [6.45, 7) is 1.75. The van der Waals surface area contributed by atoms with Crippen LogP contribution in [0.15, 0.2) is 24.3 Å². The average Bonchev–Trinajstić information content (AvgIpc) is 0.883. The number of aliphatic hydroxyl groups excluding tert-OH is 11. The number of hydrogen-bond acceptors (Lipinski definition) is 18. The average molecular weight is 1300 g/mol. The Hall–Kier alpha value is -1.73. The third kappa shape index (κ3) is 35.9. The SMILES string of the molecule is CCCCCCCC/C=C\CCCCCCCC(=O)NC(COC1OC(CO)C(OC2OC(CO)C(OC3OC(CO)C(O)C(O)C3O)C(O)C2O)C(O)C1O)C(O)/C=C/CCCCCCCCCCCCCCCCCCCCCCCCCCCCCCC. The number of allylic oxidation sites excluding steroid dienone is 3. The minimum absolute atomic E-state index is 0.235. The van der Waals surface area contributed by atoms with E-state index in [9.17, 15) is 61.0 Å². The van der Waals surface area contributed by atoms with Crippen molar-refractivity contribution in [1.29, 1.82) is 0 Å². The van der Waals surface area contributed by atoms with Crippen LogP contribution < -0.4 is 5.32 Å². The van der Waals surface area contributed by atoms with Crippen LogP contribution in [0.1, 0.15) is 296 Å². The second kappa shape index (κ2) is 54.3. The lowest BCUT2D eigenvalue weighted by Gasteiger charge is -2.48. The fourth-order valence-corrected chi connectivity index (χ4v) is 12.7. The van der Waals surface area contributed by atoms with Crippen molar-refractivity contribution in [1.82, 2.24) is 5.32 Å². The van der Waals surface area contributed by atoms with Crippen LogP contribution in [0.3, 0.4) is 0 Å². The van der Waals surface area contributed by atoms with Crippen molar-refractivity contribution in [3.63, 3.8) is 0 Å². The van der Waals surface area contributed by atoms with Crippen molar-refractivity contribution >= 4 is 5.91 Å². The Morgan fingerprint density at radius 1 is 0.385 bits per heavy atom. The third-order valence-electron chi connectivity index (χ3n) is 18.7. The number of carbonyl (C=O) groups excluding carboxylic acids is 1. The predicted octanol–water partition coefficient (Wildman–Crippen LogP) is 10.6. The summed E-state index contributed by atoms with van der Waals surface area (Å²) in [5.41, 5.74) is 0. The van der Waals surface area contributed by atoms with Crippen molar-refractivity contribution in [3.05, 3.63) is 24.3 Å². The summed E-state index contributed by atoms with van der Waals surface area (Å²) in [6.07, 6.45) is 36.0. The van der Waals surface area contributed by atoms with E-state index in [0.29, 0.717) is 6.42 Å². The normalized spacial score (nSPS) is 27.9. The summed E-state index contributed by atoms with van der Waals surface area (Å²) in [6, 6.07) is -0.976. The molecular weight excluding hydrogens is 1170 g/mol. The molecule has 0 aromatic heterocycles. The van der Waals surface area contributed by atoms with Crippen molar-refractivity contribution in [2.75, 3.05) is 26.4 Å². The van der Waals surface area contributed by atoms with Crippen LogP contribution in [0.25, 0.3) is 0 Å². The maximum Gasteiger partial charge on any atom is 0.220 e. The monoisotopic (exact) mass is 1300 g/mol. The molecule has 0 spiro atoms. The molecule has 3 fully saturated rings. The number of nitrogens with one attached hydrogen (secondary N) is 1. The zero-order valence-corrected chi connectivity index (χ0v) is 56.8. The van der Waals surface area contributed by atoms with Crippen LogP contribution in [0, 0.1) is 0 Å². The molecule has 536 valence electrons. The molecular formula is C72H135NO18. The molecule has 19 heteroatoms. The van der Waals surface area contributed by atoms with Gasteiger partial charge in [-0.15, -0.1) is 0 Å². The van der Waals surface area contributed by atoms with Crippen LogP contribution in [0.2, 0.25) is 0 Å². The van der Waals surface area contributed by atoms with Gasteiger partial charge in [0.05, 0.1) is 38.6 Å². The minimum atomic E-state index is -1.98. The number of unbranched alkanes of at least 4 members (excludes halogenated alkanes) is 40. The van der Waals surface area contributed by atoms with E-state index < -0.39 is 124 Å². The molecule has 0 aromatic rings. The van der Waals surface area contributed by atoms with Gasteiger partial charge in [-0.05, 0) is 44.9 Å². The highest BCUT2D eigenvalue weighted by molar-refractivity contribution is 5.76. The Morgan fingerprint density at radius 2 is 0.692 bits per heavy atom. The first-order valence-corrected chi connectivity index (χ1v) is 37.1. The molecule has 19 nitrogen and oxygen atoms in total. The Morgan fingerprint density at radius 3 is 1.07 bits per heavy atom. The van der Waals surface area contributed by atoms with Crippen LogP contribution in [0.4, 0.5) is 0 Å². The van der Waals surface area contributed by atoms with Gasteiger partial charge in [-0.1, -0.05) is 269 Å².